The lowest BCUT2D eigenvalue weighted by molar-refractivity contribution is -0.137. The molecule has 1 unspecified atom stereocenters. The second-order valence-electron chi connectivity index (χ2n) is 4.22. The largest absolute Gasteiger partial charge is 0.417 e. The Morgan fingerprint density at radius 2 is 2.16 bits per heavy atom. The third-order valence-corrected chi connectivity index (χ3v) is 2.99. The van der Waals surface area contributed by atoms with Crippen LogP contribution in [-0.4, -0.2) is 22.8 Å². The van der Waals surface area contributed by atoms with Crippen molar-refractivity contribution in [3.8, 4) is 0 Å². The van der Waals surface area contributed by atoms with Crippen LogP contribution < -0.4 is 5.32 Å². The third-order valence-electron chi connectivity index (χ3n) is 2.54. The van der Waals surface area contributed by atoms with Gasteiger partial charge in [0.2, 0.25) is 0 Å². The number of carbonyl (C=O) groups is 1. The molecule has 0 aliphatic carbocycles. The molecule has 3 nitrogen and oxygen atoms in total. The van der Waals surface area contributed by atoms with Crippen LogP contribution in [0.4, 0.5) is 13.2 Å². The highest BCUT2D eigenvalue weighted by Gasteiger charge is 2.30. The van der Waals surface area contributed by atoms with Crippen molar-refractivity contribution >= 4 is 21.8 Å². The number of pyridine rings is 1. The number of alkyl halides is 4. The number of nitrogens with one attached hydrogen (secondary N) is 1. The van der Waals surface area contributed by atoms with Crippen molar-refractivity contribution in [1.82, 2.24) is 10.3 Å². The Morgan fingerprint density at radius 3 is 2.63 bits per heavy atom. The summed E-state index contributed by atoms with van der Waals surface area (Å²) in [5.74, 6) is -0.173. The molecule has 0 aromatic carbocycles. The Hall–Kier alpha value is -1.11. The summed E-state index contributed by atoms with van der Waals surface area (Å²) in [7, 11) is 0. The maximum Gasteiger partial charge on any atom is 0.417 e. The van der Waals surface area contributed by atoms with E-state index in [4.69, 9.17) is 0 Å². The minimum absolute atomic E-state index is 0.0148. The summed E-state index contributed by atoms with van der Waals surface area (Å²) in [6, 6.07) is 1.93. The van der Waals surface area contributed by atoms with E-state index in [1.54, 1.807) is 0 Å². The topological polar surface area (TPSA) is 42.0 Å². The third kappa shape index (κ3) is 5.18. The van der Waals surface area contributed by atoms with Gasteiger partial charge in [0.25, 0.3) is 5.91 Å². The van der Waals surface area contributed by atoms with Gasteiger partial charge in [-0.25, -0.2) is 0 Å². The molecule has 19 heavy (non-hydrogen) atoms. The average Bonchev–Trinajstić information content (AvgIpc) is 2.35. The van der Waals surface area contributed by atoms with Gasteiger partial charge < -0.3 is 5.32 Å². The molecule has 0 aliphatic rings. The van der Waals surface area contributed by atoms with Gasteiger partial charge in [0, 0.05) is 18.1 Å². The van der Waals surface area contributed by atoms with Crippen molar-refractivity contribution in [2.45, 2.75) is 19.5 Å². The van der Waals surface area contributed by atoms with Crippen molar-refractivity contribution in [3.05, 3.63) is 29.6 Å². The van der Waals surface area contributed by atoms with E-state index in [0.29, 0.717) is 12.7 Å². The summed E-state index contributed by atoms with van der Waals surface area (Å²) in [4.78, 5) is 15.2. The van der Waals surface area contributed by atoms with Gasteiger partial charge in [0.1, 0.15) is 5.69 Å². The van der Waals surface area contributed by atoms with Gasteiger partial charge in [-0.05, 0) is 24.5 Å². The normalized spacial score (nSPS) is 13.1. The average molecular weight is 339 g/mol. The minimum Gasteiger partial charge on any atom is -0.350 e. The molecular weight excluding hydrogens is 325 g/mol. The molecule has 1 aromatic rings. The fraction of sp³-hybridized carbons (Fsp3) is 0.500. The highest BCUT2D eigenvalue weighted by molar-refractivity contribution is 9.09. The predicted molar refractivity (Wildman–Crippen MR) is 69.1 cm³/mol. The van der Waals surface area contributed by atoms with Gasteiger partial charge >= 0.3 is 6.18 Å². The van der Waals surface area contributed by atoms with E-state index in [2.05, 4.69) is 26.2 Å². The number of carbonyl (C=O) groups excluding carboxylic acids is 1. The van der Waals surface area contributed by atoms with Crippen LogP contribution in [0.15, 0.2) is 18.3 Å². The zero-order valence-corrected chi connectivity index (χ0v) is 11.9. The fourth-order valence-corrected chi connectivity index (χ4v) is 2.12. The lowest BCUT2D eigenvalue weighted by Crippen LogP contribution is -2.29. The molecular formula is C12H14BrF3N2O. The first-order valence-electron chi connectivity index (χ1n) is 5.72. The van der Waals surface area contributed by atoms with Crippen LogP contribution in [0.2, 0.25) is 0 Å². The van der Waals surface area contributed by atoms with Crippen LogP contribution in [-0.2, 0) is 6.18 Å². The highest BCUT2D eigenvalue weighted by Crippen LogP contribution is 2.28. The van der Waals surface area contributed by atoms with E-state index >= 15 is 0 Å². The molecule has 0 bridgehead atoms. The lowest BCUT2D eigenvalue weighted by Gasteiger charge is -2.11. The summed E-state index contributed by atoms with van der Waals surface area (Å²) < 4.78 is 36.9. The van der Waals surface area contributed by atoms with Crippen LogP contribution in [0.5, 0.6) is 0 Å². The molecule has 1 N–H and O–H groups in total. The molecule has 0 spiro atoms. The summed E-state index contributed by atoms with van der Waals surface area (Å²) in [5, 5.41) is 3.47. The molecule has 1 amide bonds. The monoisotopic (exact) mass is 338 g/mol. The van der Waals surface area contributed by atoms with E-state index in [1.165, 1.54) is 0 Å². The predicted octanol–water partition coefficient (Wildman–Crippen LogP) is 3.25. The molecule has 1 heterocycles. The van der Waals surface area contributed by atoms with E-state index < -0.39 is 17.6 Å². The second kappa shape index (κ2) is 6.88. The van der Waals surface area contributed by atoms with E-state index in [1.807, 2.05) is 6.92 Å². The van der Waals surface area contributed by atoms with Crippen LogP contribution in [0.3, 0.4) is 0 Å². The van der Waals surface area contributed by atoms with Crippen molar-refractivity contribution in [2.75, 3.05) is 11.9 Å². The van der Waals surface area contributed by atoms with Crippen LogP contribution in [0, 0.1) is 5.92 Å². The summed E-state index contributed by atoms with van der Waals surface area (Å²) in [5.41, 5.74) is -0.879. The zero-order valence-electron chi connectivity index (χ0n) is 10.3. The van der Waals surface area contributed by atoms with Crippen LogP contribution >= 0.6 is 15.9 Å². The quantitative estimate of drug-likeness (QED) is 0.837. The summed E-state index contributed by atoms with van der Waals surface area (Å²) >= 11 is 3.30. The molecule has 1 atom stereocenters. The van der Waals surface area contributed by atoms with Gasteiger partial charge in [0.15, 0.2) is 0 Å². The Kier molecular flexibility index (Phi) is 5.78. The van der Waals surface area contributed by atoms with Gasteiger partial charge in [0.05, 0.1) is 5.56 Å². The van der Waals surface area contributed by atoms with Crippen molar-refractivity contribution in [2.24, 2.45) is 5.92 Å². The fourth-order valence-electron chi connectivity index (χ4n) is 1.34. The number of nitrogens with zero attached hydrogens (tertiary/aromatic N) is 1. The van der Waals surface area contributed by atoms with E-state index in [0.717, 1.165) is 23.9 Å². The number of rotatable bonds is 5. The molecule has 0 aliphatic heterocycles. The number of hydrogen-bond donors (Lipinski definition) is 1. The van der Waals surface area contributed by atoms with Crippen molar-refractivity contribution in [1.29, 1.82) is 0 Å². The highest BCUT2D eigenvalue weighted by atomic mass is 79.9. The molecule has 106 valence electrons. The Morgan fingerprint density at radius 1 is 1.47 bits per heavy atom. The number of amides is 1. The summed E-state index contributed by atoms with van der Waals surface area (Å²) in [6.07, 6.45) is -2.87. The maximum atomic E-state index is 12.3. The summed E-state index contributed by atoms with van der Waals surface area (Å²) in [6.45, 7) is 2.44. The van der Waals surface area contributed by atoms with Gasteiger partial charge in [-0.3, -0.25) is 9.78 Å². The molecule has 0 fully saturated rings. The number of halogens is 4. The second-order valence-corrected chi connectivity index (χ2v) is 5.02. The molecule has 0 radical (unpaired) electrons. The first-order chi connectivity index (χ1) is 8.84. The van der Waals surface area contributed by atoms with Crippen LogP contribution in [0.25, 0.3) is 0 Å². The van der Waals surface area contributed by atoms with E-state index in [9.17, 15) is 18.0 Å². The number of aromatic nitrogens is 1. The molecule has 7 heteroatoms. The molecule has 1 aromatic heterocycles. The van der Waals surface area contributed by atoms with Crippen LogP contribution in [0.1, 0.15) is 29.4 Å². The van der Waals surface area contributed by atoms with E-state index in [-0.39, 0.29) is 11.6 Å². The van der Waals surface area contributed by atoms with Crippen molar-refractivity contribution in [3.63, 3.8) is 0 Å². The van der Waals surface area contributed by atoms with Gasteiger partial charge in [-0.1, -0.05) is 22.9 Å². The minimum atomic E-state index is -4.44. The molecule has 1 rings (SSSR count). The standard InChI is InChI=1S/C12H14BrF3N2O/c1-8(4-5-13)6-18-11(19)10-3-2-9(7-17-10)12(14,15)16/h2-3,7-8H,4-6H2,1H3,(H,18,19). The Balaban J connectivity index is 2.59. The lowest BCUT2D eigenvalue weighted by atomic mass is 10.1. The van der Waals surface area contributed by atoms with Gasteiger partial charge in [-0.15, -0.1) is 0 Å². The molecule has 0 saturated carbocycles. The van der Waals surface area contributed by atoms with Gasteiger partial charge in [-0.2, -0.15) is 13.2 Å². The zero-order chi connectivity index (χ0) is 14.5. The maximum absolute atomic E-state index is 12.3. The number of hydrogen-bond acceptors (Lipinski definition) is 2. The Labute approximate surface area is 117 Å². The van der Waals surface area contributed by atoms with Crippen molar-refractivity contribution < 1.29 is 18.0 Å². The SMILES string of the molecule is CC(CCBr)CNC(=O)c1ccc(C(F)(F)F)cn1. The Bertz CT molecular complexity index is 420. The first-order valence-corrected chi connectivity index (χ1v) is 6.84. The molecule has 0 saturated heterocycles. The first kappa shape index (κ1) is 15.9. The smallest absolute Gasteiger partial charge is 0.350 e.